The monoisotopic (exact) mass is 171 g/mol. The predicted molar refractivity (Wildman–Crippen MR) is 51.7 cm³/mol. The fourth-order valence-electron chi connectivity index (χ4n) is 1.92. The molecule has 1 aliphatic rings. The lowest BCUT2D eigenvalue weighted by molar-refractivity contribution is 0.254. The zero-order valence-electron chi connectivity index (χ0n) is 7.76. The first-order valence-corrected chi connectivity index (χ1v) is 4.91. The SMILES string of the molecule is NCCCC1(N)CCC(N)CC1. The number of hydrogen-bond acceptors (Lipinski definition) is 3. The second kappa shape index (κ2) is 4.21. The molecule has 0 radical (unpaired) electrons. The van der Waals surface area contributed by atoms with E-state index in [1.165, 1.54) is 0 Å². The average Bonchev–Trinajstić information content (AvgIpc) is 2.08. The van der Waals surface area contributed by atoms with Crippen LogP contribution in [0.15, 0.2) is 0 Å². The van der Waals surface area contributed by atoms with E-state index in [0.29, 0.717) is 6.04 Å². The molecular formula is C9H21N3. The van der Waals surface area contributed by atoms with E-state index in [9.17, 15) is 0 Å². The van der Waals surface area contributed by atoms with Crippen molar-refractivity contribution in [1.82, 2.24) is 0 Å². The summed E-state index contributed by atoms with van der Waals surface area (Å²) in [7, 11) is 0. The zero-order chi connectivity index (χ0) is 9.03. The molecule has 72 valence electrons. The first kappa shape index (κ1) is 9.96. The van der Waals surface area contributed by atoms with Crippen LogP contribution in [0.25, 0.3) is 0 Å². The molecule has 6 N–H and O–H groups in total. The van der Waals surface area contributed by atoms with Crippen molar-refractivity contribution in [2.75, 3.05) is 6.54 Å². The molecule has 0 bridgehead atoms. The van der Waals surface area contributed by atoms with Crippen molar-refractivity contribution < 1.29 is 0 Å². The third-order valence-electron chi connectivity index (χ3n) is 2.90. The lowest BCUT2D eigenvalue weighted by atomic mass is 9.78. The standard InChI is InChI=1S/C9H21N3/c10-7-1-4-9(12)5-2-8(11)3-6-9/h8H,1-7,10-12H2. The summed E-state index contributed by atoms with van der Waals surface area (Å²) >= 11 is 0. The molecule has 1 fully saturated rings. The second-order valence-corrected chi connectivity index (χ2v) is 4.09. The van der Waals surface area contributed by atoms with Gasteiger partial charge in [0.15, 0.2) is 0 Å². The summed E-state index contributed by atoms with van der Waals surface area (Å²) in [4.78, 5) is 0. The van der Waals surface area contributed by atoms with E-state index in [0.717, 1.165) is 45.1 Å². The first-order valence-electron chi connectivity index (χ1n) is 4.91. The first-order chi connectivity index (χ1) is 5.66. The Morgan fingerprint density at radius 1 is 1.25 bits per heavy atom. The van der Waals surface area contributed by atoms with Crippen molar-refractivity contribution in [2.45, 2.75) is 50.1 Å². The summed E-state index contributed by atoms with van der Waals surface area (Å²) in [5.41, 5.74) is 17.5. The maximum atomic E-state index is 6.20. The summed E-state index contributed by atoms with van der Waals surface area (Å²) in [5, 5.41) is 0. The van der Waals surface area contributed by atoms with Crippen LogP contribution in [0, 0.1) is 0 Å². The maximum Gasteiger partial charge on any atom is 0.0156 e. The summed E-state index contributed by atoms with van der Waals surface area (Å²) in [6.45, 7) is 0.755. The van der Waals surface area contributed by atoms with E-state index in [-0.39, 0.29) is 5.54 Å². The van der Waals surface area contributed by atoms with Gasteiger partial charge in [0.2, 0.25) is 0 Å². The molecule has 0 heterocycles. The number of nitrogens with two attached hydrogens (primary N) is 3. The normalized spacial score (nSPS) is 36.8. The van der Waals surface area contributed by atoms with Gasteiger partial charge in [-0.05, 0) is 45.1 Å². The van der Waals surface area contributed by atoms with E-state index >= 15 is 0 Å². The molecule has 0 aromatic carbocycles. The minimum absolute atomic E-state index is 0.0508. The van der Waals surface area contributed by atoms with Crippen LogP contribution in [0.2, 0.25) is 0 Å². The van der Waals surface area contributed by atoms with Crippen LogP contribution in [0.3, 0.4) is 0 Å². The third kappa shape index (κ3) is 2.73. The highest BCUT2D eigenvalue weighted by molar-refractivity contribution is 4.90. The van der Waals surface area contributed by atoms with E-state index in [1.54, 1.807) is 0 Å². The summed E-state index contributed by atoms with van der Waals surface area (Å²) in [6, 6.07) is 0.388. The lowest BCUT2D eigenvalue weighted by Gasteiger charge is -2.36. The average molecular weight is 171 g/mol. The summed E-state index contributed by atoms with van der Waals surface area (Å²) < 4.78 is 0. The van der Waals surface area contributed by atoms with Gasteiger partial charge in [-0.1, -0.05) is 0 Å². The Bertz CT molecular complexity index is 122. The fourth-order valence-corrected chi connectivity index (χ4v) is 1.92. The van der Waals surface area contributed by atoms with Crippen LogP contribution in [0.4, 0.5) is 0 Å². The van der Waals surface area contributed by atoms with Gasteiger partial charge in [0.1, 0.15) is 0 Å². The van der Waals surface area contributed by atoms with E-state index < -0.39 is 0 Å². The summed E-state index contributed by atoms with van der Waals surface area (Å²) in [5.74, 6) is 0. The van der Waals surface area contributed by atoms with Crippen molar-refractivity contribution in [3.05, 3.63) is 0 Å². The minimum Gasteiger partial charge on any atom is -0.330 e. The molecule has 3 heteroatoms. The lowest BCUT2D eigenvalue weighted by Crippen LogP contribution is -2.46. The largest absolute Gasteiger partial charge is 0.330 e. The molecule has 1 aliphatic carbocycles. The van der Waals surface area contributed by atoms with Gasteiger partial charge in [0, 0.05) is 11.6 Å². The van der Waals surface area contributed by atoms with Crippen LogP contribution in [-0.4, -0.2) is 18.1 Å². The van der Waals surface area contributed by atoms with E-state index in [4.69, 9.17) is 17.2 Å². The van der Waals surface area contributed by atoms with Crippen molar-refractivity contribution in [3.8, 4) is 0 Å². The Morgan fingerprint density at radius 2 is 1.83 bits per heavy atom. The van der Waals surface area contributed by atoms with Crippen LogP contribution in [0.5, 0.6) is 0 Å². The molecule has 0 saturated heterocycles. The predicted octanol–water partition coefficient (Wildman–Crippen LogP) is 0.324. The van der Waals surface area contributed by atoms with Crippen molar-refractivity contribution in [1.29, 1.82) is 0 Å². The molecule has 12 heavy (non-hydrogen) atoms. The van der Waals surface area contributed by atoms with Gasteiger partial charge in [-0.15, -0.1) is 0 Å². The topological polar surface area (TPSA) is 78.1 Å². The minimum atomic E-state index is 0.0508. The quantitative estimate of drug-likeness (QED) is 0.572. The van der Waals surface area contributed by atoms with Gasteiger partial charge in [-0.2, -0.15) is 0 Å². The Hall–Kier alpha value is -0.120. The van der Waals surface area contributed by atoms with Gasteiger partial charge in [0.25, 0.3) is 0 Å². The van der Waals surface area contributed by atoms with Crippen molar-refractivity contribution >= 4 is 0 Å². The summed E-state index contributed by atoms with van der Waals surface area (Å²) in [6.07, 6.45) is 6.44. The second-order valence-electron chi connectivity index (χ2n) is 4.09. The Labute approximate surface area is 74.7 Å². The number of hydrogen-bond donors (Lipinski definition) is 3. The Kier molecular flexibility index (Phi) is 3.50. The zero-order valence-corrected chi connectivity index (χ0v) is 7.76. The van der Waals surface area contributed by atoms with Crippen LogP contribution in [-0.2, 0) is 0 Å². The molecule has 0 aliphatic heterocycles. The van der Waals surface area contributed by atoms with Gasteiger partial charge in [0.05, 0.1) is 0 Å². The van der Waals surface area contributed by atoms with Gasteiger partial charge >= 0.3 is 0 Å². The molecule has 0 atom stereocenters. The Morgan fingerprint density at radius 3 is 2.33 bits per heavy atom. The highest BCUT2D eigenvalue weighted by Crippen LogP contribution is 2.28. The number of rotatable bonds is 3. The molecular weight excluding hydrogens is 150 g/mol. The Balaban J connectivity index is 2.29. The fraction of sp³-hybridized carbons (Fsp3) is 1.00. The van der Waals surface area contributed by atoms with Crippen LogP contribution in [0.1, 0.15) is 38.5 Å². The van der Waals surface area contributed by atoms with Gasteiger partial charge in [-0.3, -0.25) is 0 Å². The molecule has 0 spiro atoms. The molecule has 1 saturated carbocycles. The molecule has 0 amide bonds. The van der Waals surface area contributed by atoms with E-state index in [1.807, 2.05) is 0 Å². The molecule has 0 aromatic rings. The van der Waals surface area contributed by atoms with E-state index in [2.05, 4.69) is 0 Å². The van der Waals surface area contributed by atoms with Gasteiger partial charge < -0.3 is 17.2 Å². The molecule has 0 aromatic heterocycles. The smallest absolute Gasteiger partial charge is 0.0156 e. The van der Waals surface area contributed by atoms with Crippen LogP contribution >= 0.6 is 0 Å². The molecule has 3 nitrogen and oxygen atoms in total. The highest BCUT2D eigenvalue weighted by atomic mass is 14.8. The highest BCUT2D eigenvalue weighted by Gasteiger charge is 2.29. The van der Waals surface area contributed by atoms with Crippen molar-refractivity contribution in [2.24, 2.45) is 17.2 Å². The maximum absolute atomic E-state index is 6.20. The van der Waals surface area contributed by atoms with Crippen molar-refractivity contribution in [3.63, 3.8) is 0 Å². The third-order valence-corrected chi connectivity index (χ3v) is 2.90. The molecule has 1 rings (SSSR count). The molecule has 0 unspecified atom stereocenters. The van der Waals surface area contributed by atoms with Gasteiger partial charge in [-0.25, -0.2) is 0 Å². The van der Waals surface area contributed by atoms with Crippen LogP contribution < -0.4 is 17.2 Å².